The summed E-state index contributed by atoms with van der Waals surface area (Å²) in [5, 5.41) is 3.84. The molecule has 1 aromatic heterocycles. The number of benzene rings is 1. The topological polar surface area (TPSA) is 37.3 Å². The van der Waals surface area contributed by atoms with E-state index in [4.69, 9.17) is 11.6 Å². The average molecular weight is 338 g/mol. The fourth-order valence-electron chi connectivity index (χ4n) is 3.43. The highest BCUT2D eigenvalue weighted by atomic mass is 35.5. The third-order valence-electron chi connectivity index (χ3n) is 4.56. The molecule has 1 fully saturated rings. The maximum Gasteiger partial charge on any atom is 0.189 e. The van der Waals surface area contributed by atoms with Crippen molar-refractivity contribution in [2.75, 3.05) is 31.6 Å². The zero-order chi connectivity index (χ0) is 16.6. The molecule has 1 N–H and O–H groups in total. The highest BCUT2D eigenvalue weighted by Crippen LogP contribution is 2.37. The molecule has 0 spiro atoms. The molecule has 1 unspecified atom stereocenters. The second-order valence-corrected chi connectivity index (χ2v) is 6.42. The Hall–Kier alpha value is -1.59. The summed E-state index contributed by atoms with van der Waals surface area (Å²) in [5.74, 6) is 0.0638. The van der Waals surface area contributed by atoms with Gasteiger partial charge in [-0.15, -0.1) is 0 Å². The van der Waals surface area contributed by atoms with Gasteiger partial charge in [0.05, 0.1) is 21.6 Å². The van der Waals surface area contributed by atoms with Crippen molar-refractivity contribution in [3.05, 3.63) is 39.4 Å². The van der Waals surface area contributed by atoms with Gasteiger partial charge < -0.3 is 14.8 Å². The van der Waals surface area contributed by atoms with Gasteiger partial charge in [0.25, 0.3) is 0 Å². The van der Waals surface area contributed by atoms with Crippen LogP contribution in [0.5, 0.6) is 0 Å². The number of nitrogens with zero attached hydrogens (tertiary/aromatic N) is 2. The Morgan fingerprint density at radius 3 is 2.96 bits per heavy atom. The van der Waals surface area contributed by atoms with Crippen molar-refractivity contribution < 1.29 is 4.39 Å². The average Bonchev–Trinajstić information content (AvgIpc) is 2.97. The molecule has 1 aliphatic rings. The molecule has 1 aromatic carbocycles. The first-order chi connectivity index (χ1) is 11.1. The predicted octanol–water partition coefficient (Wildman–Crippen LogP) is 2.86. The fraction of sp³-hybridized carbons (Fsp3) is 0.471. The minimum Gasteiger partial charge on any atom is -0.368 e. The van der Waals surface area contributed by atoms with Gasteiger partial charge in [-0.3, -0.25) is 4.79 Å². The molecule has 1 aliphatic heterocycles. The van der Waals surface area contributed by atoms with E-state index in [1.54, 1.807) is 6.20 Å². The minimum absolute atomic E-state index is 0.202. The summed E-state index contributed by atoms with van der Waals surface area (Å²) in [6, 6.07) is 2.79. The zero-order valence-corrected chi connectivity index (χ0v) is 14.2. The summed E-state index contributed by atoms with van der Waals surface area (Å²) in [6.45, 7) is 5.10. The van der Waals surface area contributed by atoms with Crippen molar-refractivity contribution in [2.24, 2.45) is 5.92 Å². The summed E-state index contributed by atoms with van der Waals surface area (Å²) in [4.78, 5) is 14.1. The SMILES string of the molecule is CCn1ccc(=O)c2cc(F)c(N3CCC(CNC)C3)c(Cl)c21. The quantitative estimate of drug-likeness (QED) is 0.932. The van der Waals surface area contributed by atoms with Crippen LogP contribution in [0.3, 0.4) is 0 Å². The van der Waals surface area contributed by atoms with Crippen LogP contribution in [0.25, 0.3) is 10.9 Å². The molecule has 2 heterocycles. The lowest BCUT2D eigenvalue weighted by Crippen LogP contribution is -2.25. The molecular formula is C17H21ClFN3O. The van der Waals surface area contributed by atoms with E-state index in [0.717, 1.165) is 26.1 Å². The van der Waals surface area contributed by atoms with Gasteiger partial charge in [-0.1, -0.05) is 11.6 Å². The van der Waals surface area contributed by atoms with E-state index < -0.39 is 5.82 Å². The zero-order valence-electron chi connectivity index (χ0n) is 13.4. The van der Waals surface area contributed by atoms with E-state index in [9.17, 15) is 9.18 Å². The minimum atomic E-state index is -0.418. The standard InChI is InChI=1S/C17H21ClFN3O/c1-3-21-7-5-14(23)12-8-13(19)17(15(18)16(12)21)22-6-4-11(10-22)9-20-2/h5,7-8,11,20H,3-4,6,9-10H2,1-2H3. The van der Waals surface area contributed by atoms with Crippen LogP contribution >= 0.6 is 11.6 Å². The highest BCUT2D eigenvalue weighted by Gasteiger charge is 2.27. The number of aromatic nitrogens is 1. The normalized spacial score (nSPS) is 18.1. The molecule has 0 amide bonds. The van der Waals surface area contributed by atoms with Gasteiger partial charge in [-0.25, -0.2) is 4.39 Å². The molecule has 1 atom stereocenters. The van der Waals surface area contributed by atoms with Gasteiger partial charge in [0.1, 0.15) is 5.82 Å². The van der Waals surface area contributed by atoms with Gasteiger partial charge in [0.2, 0.25) is 0 Å². The smallest absolute Gasteiger partial charge is 0.189 e. The number of pyridine rings is 1. The lowest BCUT2D eigenvalue weighted by Gasteiger charge is -2.23. The van der Waals surface area contributed by atoms with E-state index in [1.807, 2.05) is 23.4 Å². The Labute approximate surface area is 139 Å². The number of fused-ring (bicyclic) bond motifs is 1. The molecule has 3 rings (SSSR count). The summed E-state index contributed by atoms with van der Waals surface area (Å²) >= 11 is 6.55. The Morgan fingerprint density at radius 1 is 1.48 bits per heavy atom. The first kappa shape index (κ1) is 16.3. The lowest BCUT2D eigenvalue weighted by molar-refractivity contribution is 0.548. The van der Waals surface area contributed by atoms with E-state index in [2.05, 4.69) is 5.32 Å². The van der Waals surface area contributed by atoms with E-state index in [0.29, 0.717) is 34.1 Å². The molecule has 124 valence electrons. The van der Waals surface area contributed by atoms with Crippen molar-refractivity contribution in [3.63, 3.8) is 0 Å². The molecule has 0 radical (unpaired) electrons. The van der Waals surface area contributed by atoms with Gasteiger partial charge in [-0.05, 0) is 38.9 Å². The maximum atomic E-state index is 14.7. The van der Waals surface area contributed by atoms with Crippen LogP contribution in [0.4, 0.5) is 10.1 Å². The molecule has 0 saturated carbocycles. The lowest BCUT2D eigenvalue weighted by atomic mass is 10.1. The highest BCUT2D eigenvalue weighted by molar-refractivity contribution is 6.38. The maximum absolute atomic E-state index is 14.7. The van der Waals surface area contributed by atoms with Crippen molar-refractivity contribution in [2.45, 2.75) is 19.9 Å². The number of rotatable bonds is 4. The van der Waals surface area contributed by atoms with Crippen LogP contribution in [0, 0.1) is 11.7 Å². The van der Waals surface area contributed by atoms with Crippen LogP contribution in [-0.4, -0.2) is 31.2 Å². The van der Waals surface area contributed by atoms with Gasteiger partial charge >= 0.3 is 0 Å². The molecule has 23 heavy (non-hydrogen) atoms. The summed E-state index contributed by atoms with van der Waals surface area (Å²) in [7, 11) is 1.92. The van der Waals surface area contributed by atoms with E-state index in [1.165, 1.54) is 12.1 Å². The van der Waals surface area contributed by atoms with Crippen molar-refractivity contribution in [3.8, 4) is 0 Å². The third kappa shape index (κ3) is 2.83. The van der Waals surface area contributed by atoms with Crippen molar-refractivity contribution in [1.29, 1.82) is 0 Å². The molecule has 1 saturated heterocycles. The molecule has 2 aromatic rings. The Morgan fingerprint density at radius 2 is 2.26 bits per heavy atom. The Kier molecular flexibility index (Phi) is 4.60. The summed E-state index contributed by atoms with van der Waals surface area (Å²) in [5.41, 5.74) is 0.840. The first-order valence-electron chi connectivity index (χ1n) is 7.97. The number of anilines is 1. The second kappa shape index (κ2) is 6.49. The van der Waals surface area contributed by atoms with Gasteiger partial charge in [-0.2, -0.15) is 0 Å². The van der Waals surface area contributed by atoms with Crippen LogP contribution in [0.1, 0.15) is 13.3 Å². The number of hydrogen-bond donors (Lipinski definition) is 1. The largest absolute Gasteiger partial charge is 0.368 e. The second-order valence-electron chi connectivity index (χ2n) is 6.04. The number of nitrogens with one attached hydrogen (secondary N) is 1. The fourth-order valence-corrected chi connectivity index (χ4v) is 3.85. The van der Waals surface area contributed by atoms with Crippen LogP contribution in [-0.2, 0) is 6.54 Å². The number of halogens is 2. The number of hydrogen-bond acceptors (Lipinski definition) is 3. The number of aryl methyl sites for hydroxylation is 1. The summed E-state index contributed by atoms with van der Waals surface area (Å²) in [6.07, 6.45) is 2.72. The van der Waals surface area contributed by atoms with Gasteiger partial charge in [0, 0.05) is 31.9 Å². The molecule has 0 aliphatic carbocycles. The summed E-state index contributed by atoms with van der Waals surface area (Å²) < 4.78 is 16.6. The molecule has 4 nitrogen and oxygen atoms in total. The van der Waals surface area contributed by atoms with Crippen molar-refractivity contribution in [1.82, 2.24) is 9.88 Å². The van der Waals surface area contributed by atoms with Crippen LogP contribution < -0.4 is 15.6 Å². The molecule has 0 bridgehead atoms. The Bertz CT molecular complexity index is 789. The monoisotopic (exact) mass is 337 g/mol. The van der Waals surface area contributed by atoms with E-state index in [-0.39, 0.29) is 5.43 Å². The molecule has 6 heteroatoms. The van der Waals surface area contributed by atoms with E-state index >= 15 is 0 Å². The van der Waals surface area contributed by atoms with Gasteiger partial charge in [0.15, 0.2) is 5.43 Å². The van der Waals surface area contributed by atoms with Crippen LogP contribution in [0.2, 0.25) is 5.02 Å². The Balaban J connectivity index is 2.13. The predicted molar refractivity (Wildman–Crippen MR) is 93.1 cm³/mol. The third-order valence-corrected chi connectivity index (χ3v) is 4.92. The van der Waals surface area contributed by atoms with Crippen molar-refractivity contribution >= 4 is 28.2 Å². The molecular weight excluding hydrogens is 317 g/mol. The first-order valence-corrected chi connectivity index (χ1v) is 8.35. The van der Waals surface area contributed by atoms with Crippen LogP contribution in [0.15, 0.2) is 23.1 Å².